The highest BCUT2D eigenvalue weighted by Crippen LogP contribution is 2.39. The molecule has 5 heterocycles. The van der Waals surface area contributed by atoms with Crippen molar-refractivity contribution in [3.63, 3.8) is 0 Å². The van der Waals surface area contributed by atoms with Crippen molar-refractivity contribution in [1.82, 2.24) is 25.3 Å². The number of hydrogen-bond acceptors (Lipinski definition) is 8. The third kappa shape index (κ3) is 4.73. The van der Waals surface area contributed by atoms with E-state index in [2.05, 4.69) is 38.2 Å². The Morgan fingerprint density at radius 2 is 2.00 bits per heavy atom. The van der Waals surface area contributed by atoms with E-state index >= 15 is 0 Å². The number of nitrogens with one attached hydrogen (secondary N) is 2. The topological polar surface area (TPSA) is 103 Å². The molecule has 0 bridgehead atoms. The highest BCUT2D eigenvalue weighted by molar-refractivity contribution is 6.30. The van der Waals surface area contributed by atoms with E-state index in [1.165, 1.54) is 25.7 Å². The molecule has 2 N–H and O–H groups in total. The Hall–Kier alpha value is -2.92. The van der Waals surface area contributed by atoms with Crippen LogP contribution in [0.15, 0.2) is 30.6 Å². The van der Waals surface area contributed by atoms with Crippen LogP contribution in [0.4, 0.5) is 10.7 Å². The van der Waals surface area contributed by atoms with Crippen molar-refractivity contribution in [2.75, 3.05) is 31.3 Å². The van der Waals surface area contributed by atoms with E-state index in [1.54, 1.807) is 6.20 Å². The van der Waals surface area contributed by atoms with Gasteiger partial charge in [0.15, 0.2) is 0 Å². The predicted molar refractivity (Wildman–Crippen MR) is 146 cm³/mol. The Kier molecular flexibility index (Phi) is 6.58. The maximum Gasteiger partial charge on any atom is 0.427 e. The number of rotatable bonds is 5. The lowest BCUT2D eigenvalue weighted by Crippen LogP contribution is -2.51. The molecular formula is C28H33ClN6O4. The minimum Gasteiger partial charge on any atom is -0.376 e. The second kappa shape index (κ2) is 10.2. The zero-order chi connectivity index (χ0) is 26.5. The number of halogens is 1. The number of fused-ring (bicyclic) bond motifs is 2. The number of aromatic nitrogens is 3. The van der Waals surface area contributed by atoms with Crippen LogP contribution < -0.4 is 15.7 Å². The smallest absolute Gasteiger partial charge is 0.376 e. The van der Waals surface area contributed by atoms with Crippen LogP contribution in [0.5, 0.6) is 0 Å². The predicted octanol–water partition coefficient (Wildman–Crippen LogP) is 4.43. The van der Waals surface area contributed by atoms with Crippen LogP contribution in [0.1, 0.15) is 44.3 Å². The molecule has 4 fully saturated rings. The normalized spacial score (nSPS) is 28.9. The van der Waals surface area contributed by atoms with Gasteiger partial charge in [0.1, 0.15) is 12.3 Å². The summed E-state index contributed by atoms with van der Waals surface area (Å²) in [7, 11) is 0. The average molecular weight is 553 g/mol. The van der Waals surface area contributed by atoms with Crippen LogP contribution in [0.25, 0.3) is 22.2 Å². The van der Waals surface area contributed by atoms with Gasteiger partial charge in [-0.3, -0.25) is 10.3 Å². The number of pyridine rings is 1. The molecule has 1 aromatic carbocycles. The molecule has 4 aliphatic rings. The Labute approximate surface area is 231 Å². The number of nitrogens with zero attached hydrogens (tertiary/aromatic N) is 4. The van der Waals surface area contributed by atoms with Crippen molar-refractivity contribution in [2.45, 2.75) is 57.5 Å². The minimum absolute atomic E-state index is 0.0461. The molecule has 2 aromatic heterocycles. The van der Waals surface area contributed by atoms with Gasteiger partial charge < -0.3 is 23.8 Å². The lowest BCUT2D eigenvalue weighted by Gasteiger charge is -2.38. The first-order chi connectivity index (χ1) is 19.0. The van der Waals surface area contributed by atoms with Crippen LogP contribution in [-0.2, 0) is 20.9 Å². The van der Waals surface area contributed by atoms with Crippen molar-refractivity contribution < 1.29 is 19.1 Å². The number of amides is 1. The number of ether oxygens (including phenoxy) is 2. The number of benzene rings is 1. The molecule has 1 amide bonds. The zero-order valence-electron chi connectivity index (χ0n) is 21.9. The number of hydrogen-bond donors (Lipinski definition) is 2. The van der Waals surface area contributed by atoms with E-state index < -0.39 is 12.3 Å². The summed E-state index contributed by atoms with van der Waals surface area (Å²) in [6.45, 7) is 5.87. The first-order valence-electron chi connectivity index (χ1n) is 13.9. The van der Waals surface area contributed by atoms with Crippen LogP contribution >= 0.6 is 11.6 Å². The Bertz CT molecular complexity index is 1390. The number of anilines is 1. The lowest BCUT2D eigenvalue weighted by molar-refractivity contribution is 0.0217. The molecule has 7 rings (SSSR count). The van der Waals surface area contributed by atoms with E-state index in [-0.39, 0.29) is 12.1 Å². The van der Waals surface area contributed by atoms with Gasteiger partial charge in [0.05, 0.1) is 41.9 Å². The maximum atomic E-state index is 11.8. The maximum absolute atomic E-state index is 11.8. The summed E-state index contributed by atoms with van der Waals surface area (Å²) < 4.78 is 14.3. The summed E-state index contributed by atoms with van der Waals surface area (Å²) in [4.78, 5) is 28.9. The highest BCUT2D eigenvalue weighted by Gasteiger charge is 2.40. The zero-order valence-corrected chi connectivity index (χ0v) is 22.7. The van der Waals surface area contributed by atoms with E-state index in [0.29, 0.717) is 30.8 Å². The molecule has 0 radical (unpaired) electrons. The molecule has 10 nitrogen and oxygen atoms in total. The van der Waals surface area contributed by atoms with Crippen LogP contribution in [-0.4, -0.2) is 59.1 Å². The Morgan fingerprint density at radius 1 is 1.13 bits per heavy atom. The molecule has 11 heteroatoms. The molecule has 3 saturated heterocycles. The molecule has 1 saturated carbocycles. The van der Waals surface area contributed by atoms with E-state index in [1.807, 2.05) is 18.3 Å². The quantitative estimate of drug-likeness (QED) is 0.479. The Morgan fingerprint density at radius 3 is 2.79 bits per heavy atom. The van der Waals surface area contributed by atoms with Gasteiger partial charge in [-0.15, -0.1) is 5.48 Å². The number of hydroxylamine groups is 1. The van der Waals surface area contributed by atoms with Crippen LogP contribution in [0.2, 0.25) is 5.02 Å². The van der Waals surface area contributed by atoms with Crippen LogP contribution in [0.3, 0.4) is 0 Å². The number of carbonyl (C=O) groups is 1. The summed E-state index contributed by atoms with van der Waals surface area (Å²) in [5, 5.41) is 3.38. The van der Waals surface area contributed by atoms with Crippen molar-refractivity contribution in [3.05, 3.63) is 41.2 Å². The summed E-state index contributed by atoms with van der Waals surface area (Å²) in [6.07, 6.45) is 7.44. The van der Waals surface area contributed by atoms with E-state index in [9.17, 15) is 4.79 Å². The fourth-order valence-electron chi connectivity index (χ4n) is 6.52. The van der Waals surface area contributed by atoms with Gasteiger partial charge in [-0.25, -0.2) is 9.78 Å². The van der Waals surface area contributed by atoms with Gasteiger partial charge in [-0.1, -0.05) is 31.4 Å². The summed E-state index contributed by atoms with van der Waals surface area (Å²) in [5.74, 6) is 2.30. The van der Waals surface area contributed by atoms with Gasteiger partial charge in [0, 0.05) is 36.6 Å². The van der Waals surface area contributed by atoms with Gasteiger partial charge in [0.2, 0.25) is 5.95 Å². The number of morpholine rings is 1. The van der Waals surface area contributed by atoms with Crippen molar-refractivity contribution in [3.8, 4) is 11.1 Å². The molecule has 3 unspecified atom stereocenters. The van der Waals surface area contributed by atoms with Crippen molar-refractivity contribution >= 4 is 34.7 Å². The van der Waals surface area contributed by atoms with E-state index in [4.69, 9.17) is 30.9 Å². The molecule has 39 heavy (non-hydrogen) atoms. The van der Waals surface area contributed by atoms with E-state index in [0.717, 1.165) is 52.7 Å². The van der Waals surface area contributed by atoms with Crippen LogP contribution in [0, 0.1) is 11.8 Å². The SMILES string of the molecule is CC1CCC(Cn2c(N3CCOC4COCC43)nc3cc(C4NOC(=O)N4)cc(-c4cncc(Cl)c4)c32)CC1. The summed E-state index contributed by atoms with van der Waals surface area (Å²) in [6, 6.07) is 6.17. The second-order valence-corrected chi connectivity index (χ2v) is 11.7. The second-order valence-electron chi connectivity index (χ2n) is 11.3. The monoisotopic (exact) mass is 552 g/mol. The summed E-state index contributed by atoms with van der Waals surface area (Å²) >= 11 is 6.42. The molecule has 3 aliphatic heterocycles. The molecule has 1 aliphatic carbocycles. The highest BCUT2D eigenvalue weighted by atomic mass is 35.5. The standard InChI is InChI=1S/C28H33ClN6O4/c1-16-2-4-17(5-3-16)13-35-25-21(19-8-20(29)12-30-11-19)9-18(26-32-28(36)39-33-26)10-22(25)31-27(35)34-6-7-38-24-15-37-14-23(24)34/h8-12,16-17,23-24,26,33H,2-7,13-15H2,1H3,(H,32,36). The third-order valence-electron chi connectivity index (χ3n) is 8.62. The van der Waals surface area contributed by atoms with Gasteiger partial charge >= 0.3 is 6.09 Å². The fraction of sp³-hybridized carbons (Fsp3) is 0.536. The third-order valence-corrected chi connectivity index (χ3v) is 8.83. The largest absolute Gasteiger partial charge is 0.427 e. The lowest BCUT2D eigenvalue weighted by atomic mass is 9.83. The van der Waals surface area contributed by atoms with Gasteiger partial charge in [-0.2, -0.15) is 0 Å². The van der Waals surface area contributed by atoms with Crippen molar-refractivity contribution in [1.29, 1.82) is 0 Å². The number of imidazole rings is 1. The molecular weight excluding hydrogens is 520 g/mol. The average Bonchev–Trinajstić information content (AvgIpc) is 3.68. The molecule has 3 aromatic rings. The first kappa shape index (κ1) is 25.1. The molecule has 206 valence electrons. The summed E-state index contributed by atoms with van der Waals surface area (Å²) in [5.41, 5.74) is 7.39. The minimum atomic E-state index is -0.510. The van der Waals surface area contributed by atoms with Gasteiger partial charge in [-0.05, 0) is 48.4 Å². The fourth-order valence-corrected chi connectivity index (χ4v) is 6.69. The molecule has 0 spiro atoms. The molecule has 3 atom stereocenters. The Balaban J connectivity index is 1.41. The first-order valence-corrected chi connectivity index (χ1v) is 14.2. The van der Waals surface area contributed by atoms with Gasteiger partial charge in [0.25, 0.3) is 0 Å². The number of carbonyl (C=O) groups excluding carboxylic acids is 1. The van der Waals surface area contributed by atoms with Crippen molar-refractivity contribution in [2.24, 2.45) is 11.8 Å².